The summed E-state index contributed by atoms with van der Waals surface area (Å²) in [5, 5.41) is 3.42. The van der Waals surface area contributed by atoms with E-state index < -0.39 is 6.43 Å². The second kappa shape index (κ2) is 7.70. The normalized spacial score (nSPS) is 13.2. The predicted octanol–water partition coefficient (Wildman–Crippen LogP) is 3.46. The van der Waals surface area contributed by atoms with Gasteiger partial charge in [0.1, 0.15) is 0 Å². The minimum absolute atomic E-state index is 0.0874. The van der Waals surface area contributed by atoms with E-state index in [1.165, 1.54) is 22.3 Å². The van der Waals surface area contributed by atoms with Gasteiger partial charge in [-0.15, -0.1) is 0 Å². The first-order chi connectivity index (χ1) is 9.35. The smallest absolute Gasteiger partial charge is 0.251 e. The Morgan fingerprint density at radius 2 is 1.65 bits per heavy atom. The van der Waals surface area contributed by atoms with Gasteiger partial charge in [0, 0.05) is 12.6 Å². The Morgan fingerprint density at radius 1 is 1.10 bits per heavy atom. The molecule has 1 N–H and O–H groups in total. The van der Waals surface area contributed by atoms with Crippen LogP contribution in [0.5, 0.6) is 0 Å². The van der Waals surface area contributed by atoms with Crippen LogP contribution in [0.2, 0.25) is 0 Å². The molecule has 0 spiro atoms. The molecule has 1 aromatic rings. The van der Waals surface area contributed by atoms with Gasteiger partial charge in [-0.05, 0) is 51.1 Å². The maximum Gasteiger partial charge on any atom is 0.251 e. The van der Waals surface area contributed by atoms with Gasteiger partial charge in [0.05, 0.1) is 6.54 Å². The number of hydrogen-bond donors (Lipinski definition) is 1. The van der Waals surface area contributed by atoms with E-state index in [1.54, 1.807) is 11.9 Å². The third-order valence-corrected chi connectivity index (χ3v) is 3.48. The van der Waals surface area contributed by atoms with Crippen LogP contribution < -0.4 is 5.32 Å². The van der Waals surface area contributed by atoms with Gasteiger partial charge in [-0.25, -0.2) is 8.78 Å². The summed E-state index contributed by atoms with van der Waals surface area (Å²) in [7, 11) is 1.75. The van der Waals surface area contributed by atoms with Crippen LogP contribution in [0.25, 0.3) is 0 Å². The zero-order valence-corrected chi connectivity index (χ0v) is 13.1. The third kappa shape index (κ3) is 4.84. The lowest BCUT2D eigenvalue weighted by Crippen LogP contribution is -2.36. The van der Waals surface area contributed by atoms with Gasteiger partial charge >= 0.3 is 0 Å². The summed E-state index contributed by atoms with van der Waals surface area (Å²) < 4.78 is 24.9. The van der Waals surface area contributed by atoms with Crippen molar-refractivity contribution in [1.29, 1.82) is 0 Å². The summed E-state index contributed by atoms with van der Waals surface area (Å²) in [6.07, 6.45) is -2.29. The maximum absolute atomic E-state index is 12.5. The van der Waals surface area contributed by atoms with Crippen molar-refractivity contribution in [3.8, 4) is 0 Å². The number of aryl methyl sites for hydroxylation is 3. The van der Waals surface area contributed by atoms with Crippen molar-refractivity contribution in [3.05, 3.63) is 34.4 Å². The SMILES string of the molecule is CCNC(CN(C)CC(F)F)c1c(C)cc(C)cc1C. The highest BCUT2D eigenvalue weighted by atomic mass is 19.3. The van der Waals surface area contributed by atoms with E-state index in [0.717, 1.165) is 6.54 Å². The third-order valence-electron chi connectivity index (χ3n) is 3.48. The number of nitrogens with zero attached hydrogens (tertiary/aromatic N) is 1. The van der Waals surface area contributed by atoms with Crippen LogP contribution in [-0.4, -0.2) is 38.0 Å². The maximum atomic E-state index is 12.5. The molecule has 2 nitrogen and oxygen atoms in total. The highest BCUT2D eigenvalue weighted by Gasteiger charge is 2.19. The van der Waals surface area contributed by atoms with E-state index in [-0.39, 0.29) is 12.6 Å². The van der Waals surface area contributed by atoms with Crippen molar-refractivity contribution in [3.63, 3.8) is 0 Å². The molecular formula is C16H26F2N2. The fraction of sp³-hybridized carbons (Fsp3) is 0.625. The second-order valence-electron chi connectivity index (χ2n) is 5.53. The van der Waals surface area contributed by atoms with Gasteiger partial charge < -0.3 is 5.32 Å². The van der Waals surface area contributed by atoms with Crippen LogP contribution >= 0.6 is 0 Å². The van der Waals surface area contributed by atoms with Crippen LogP contribution in [0, 0.1) is 20.8 Å². The fourth-order valence-electron chi connectivity index (χ4n) is 2.87. The minimum atomic E-state index is -2.29. The van der Waals surface area contributed by atoms with Crippen LogP contribution in [0.15, 0.2) is 12.1 Å². The zero-order valence-electron chi connectivity index (χ0n) is 13.1. The van der Waals surface area contributed by atoms with Crippen molar-refractivity contribution in [1.82, 2.24) is 10.2 Å². The molecule has 20 heavy (non-hydrogen) atoms. The van der Waals surface area contributed by atoms with E-state index >= 15 is 0 Å². The Labute approximate surface area is 121 Å². The molecule has 1 aromatic carbocycles. The average molecular weight is 284 g/mol. The number of benzene rings is 1. The van der Waals surface area contributed by atoms with Crippen molar-refractivity contribution in [2.75, 3.05) is 26.7 Å². The lowest BCUT2D eigenvalue weighted by atomic mass is 9.93. The lowest BCUT2D eigenvalue weighted by molar-refractivity contribution is 0.0959. The number of rotatable bonds is 7. The highest BCUT2D eigenvalue weighted by molar-refractivity contribution is 5.39. The molecule has 0 saturated heterocycles. The molecule has 0 bridgehead atoms. The molecule has 0 heterocycles. The van der Waals surface area contributed by atoms with E-state index in [0.29, 0.717) is 6.54 Å². The molecule has 1 rings (SSSR count). The van der Waals surface area contributed by atoms with Crippen LogP contribution in [0.3, 0.4) is 0 Å². The molecule has 0 aliphatic heterocycles. The summed E-state index contributed by atoms with van der Waals surface area (Å²) in [4.78, 5) is 1.69. The number of nitrogens with one attached hydrogen (secondary N) is 1. The van der Waals surface area contributed by atoms with E-state index in [1.807, 2.05) is 6.92 Å². The first-order valence-corrected chi connectivity index (χ1v) is 7.13. The number of likely N-dealkylation sites (N-methyl/N-ethyl adjacent to an activating group) is 2. The first-order valence-electron chi connectivity index (χ1n) is 7.13. The molecule has 114 valence electrons. The summed E-state index contributed by atoms with van der Waals surface area (Å²) in [6, 6.07) is 4.39. The molecule has 0 aromatic heterocycles. The van der Waals surface area contributed by atoms with E-state index in [9.17, 15) is 8.78 Å². The van der Waals surface area contributed by atoms with Gasteiger partial charge in [-0.3, -0.25) is 4.90 Å². The Bertz CT molecular complexity index is 409. The van der Waals surface area contributed by atoms with Gasteiger partial charge in [0.25, 0.3) is 6.43 Å². The summed E-state index contributed by atoms with van der Waals surface area (Å²) in [5.74, 6) is 0. The van der Waals surface area contributed by atoms with Gasteiger partial charge in [0.15, 0.2) is 0 Å². The molecule has 0 amide bonds. The molecular weight excluding hydrogens is 258 g/mol. The zero-order chi connectivity index (χ0) is 15.3. The average Bonchev–Trinajstić information content (AvgIpc) is 2.26. The van der Waals surface area contributed by atoms with Gasteiger partial charge in [-0.2, -0.15) is 0 Å². The van der Waals surface area contributed by atoms with Crippen molar-refractivity contribution >= 4 is 0 Å². The largest absolute Gasteiger partial charge is 0.309 e. The lowest BCUT2D eigenvalue weighted by Gasteiger charge is -2.27. The number of hydrogen-bond acceptors (Lipinski definition) is 2. The summed E-state index contributed by atoms with van der Waals surface area (Å²) in [6.45, 7) is 9.52. The fourth-order valence-corrected chi connectivity index (χ4v) is 2.87. The molecule has 4 heteroatoms. The Balaban J connectivity index is 2.96. The first kappa shape index (κ1) is 17.1. The number of halogens is 2. The van der Waals surface area contributed by atoms with Crippen LogP contribution in [-0.2, 0) is 0 Å². The summed E-state index contributed by atoms with van der Waals surface area (Å²) in [5.41, 5.74) is 4.91. The molecule has 0 aliphatic carbocycles. The topological polar surface area (TPSA) is 15.3 Å². The Morgan fingerprint density at radius 3 is 2.10 bits per heavy atom. The molecule has 0 radical (unpaired) electrons. The molecule has 0 fully saturated rings. The molecule has 1 atom stereocenters. The monoisotopic (exact) mass is 284 g/mol. The Hall–Kier alpha value is -1.00. The molecule has 0 saturated carbocycles. The van der Waals surface area contributed by atoms with E-state index in [4.69, 9.17) is 0 Å². The standard InChI is InChI=1S/C16H26F2N2/c1-6-19-14(9-20(5)10-15(17)18)16-12(3)7-11(2)8-13(16)4/h7-8,14-15,19H,6,9-10H2,1-5H3. The van der Waals surface area contributed by atoms with Crippen LogP contribution in [0.4, 0.5) is 8.78 Å². The predicted molar refractivity (Wildman–Crippen MR) is 80.6 cm³/mol. The minimum Gasteiger partial charge on any atom is -0.309 e. The van der Waals surface area contributed by atoms with Gasteiger partial charge in [-0.1, -0.05) is 24.6 Å². The Kier molecular flexibility index (Phi) is 6.56. The van der Waals surface area contributed by atoms with Crippen LogP contribution in [0.1, 0.15) is 35.2 Å². The van der Waals surface area contributed by atoms with Crippen molar-refractivity contribution in [2.24, 2.45) is 0 Å². The quantitative estimate of drug-likeness (QED) is 0.825. The summed E-state index contributed by atoms with van der Waals surface area (Å²) >= 11 is 0. The van der Waals surface area contributed by atoms with E-state index in [2.05, 4.69) is 38.2 Å². The highest BCUT2D eigenvalue weighted by Crippen LogP contribution is 2.24. The van der Waals surface area contributed by atoms with Gasteiger partial charge in [0.2, 0.25) is 0 Å². The second-order valence-corrected chi connectivity index (χ2v) is 5.53. The molecule has 1 unspecified atom stereocenters. The number of alkyl halides is 2. The van der Waals surface area contributed by atoms with Crippen molar-refractivity contribution < 1.29 is 8.78 Å². The molecule has 0 aliphatic rings. The van der Waals surface area contributed by atoms with Crippen molar-refractivity contribution in [2.45, 2.75) is 40.2 Å².